The fourth-order valence-electron chi connectivity index (χ4n) is 2.42. The first-order chi connectivity index (χ1) is 10.6. The van der Waals surface area contributed by atoms with Crippen LogP contribution in [0, 0.1) is 13.8 Å². The van der Waals surface area contributed by atoms with E-state index in [0.717, 1.165) is 22.1 Å². The molecule has 0 atom stereocenters. The second-order valence-corrected chi connectivity index (χ2v) is 5.13. The van der Waals surface area contributed by atoms with E-state index in [1.54, 1.807) is 6.07 Å². The van der Waals surface area contributed by atoms with Crippen molar-refractivity contribution in [2.75, 3.05) is 0 Å². The van der Waals surface area contributed by atoms with Crippen LogP contribution in [0.5, 0.6) is 0 Å². The third-order valence-electron chi connectivity index (χ3n) is 3.48. The van der Waals surface area contributed by atoms with E-state index in [1.807, 2.05) is 56.3 Å². The average Bonchev–Trinajstić information content (AvgIpc) is 2.92. The van der Waals surface area contributed by atoms with E-state index in [0.29, 0.717) is 11.3 Å². The number of benzene rings is 2. The lowest BCUT2D eigenvalue weighted by Gasteiger charge is -2.08. The lowest BCUT2D eigenvalue weighted by atomic mass is 9.99. The van der Waals surface area contributed by atoms with Gasteiger partial charge in [0.1, 0.15) is 11.5 Å². The van der Waals surface area contributed by atoms with Gasteiger partial charge in [-0.25, -0.2) is 5.43 Å². The molecule has 0 saturated heterocycles. The van der Waals surface area contributed by atoms with E-state index in [-0.39, 0.29) is 5.91 Å². The van der Waals surface area contributed by atoms with E-state index in [2.05, 4.69) is 10.5 Å². The molecule has 0 spiro atoms. The number of carbonyl (C=O) groups excluding carboxylic acids is 1. The van der Waals surface area contributed by atoms with Crippen molar-refractivity contribution in [2.24, 2.45) is 5.10 Å². The number of hydrogen-bond donors (Lipinski definition) is 1. The molecule has 3 aromatic rings. The fourth-order valence-corrected chi connectivity index (χ4v) is 2.42. The maximum atomic E-state index is 12.4. The molecule has 0 unspecified atom stereocenters. The maximum Gasteiger partial charge on any atom is 0.272 e. The first-order valence-corrected chi connectivity index (χ1v) is 7.03. The van der Waals surface area contributed by atoms with Gasteiger partial charge in [-0.2, -0.15) is 5.10 Å². The summed E-state index contributed by atoms with van der Waals surface area (Å²) in [6.07, 6.45) is 1.49. The minimum atomic E-state index is -0.228. The van der Waals surface area contributed by atoms with Crippen LogP contribution in [0.1, 0.15) is 27.4 Å². The highest BCUT2D eigenvalue weighted by molar-refractivity contribution is 6.08. The zero-order valence-electron chi connectivity index (χ0n) is 12.5. The number of carbonyl (C=O) groups is 1. The van der Waals surface area contributed by atoms with Crippen LogP contribution in [0.2, 0.25) is 0 Å². The van der Waals surface area contributed by atoms with Crippen LogP contribution in [0.4, 0.5) is 0 Å². The van der Waals surface area contributed by atoms with Gasteiger partial charge in [0.15, 0.2) is 0 Å². The topological polar surface area (TPSA) is 54.6 Å². The molecule has 4 heteroatoms. The smallest absolute Gasteiger partial charge is 0.272 e. The summed E-state index contributed by atoms with van der Waals surface area (Å²) in [5, 5.41) is 5.91. The Hall–Kier alpha value is -2.88. The lowest BCUT2D eigenvalue weighted by molar-refractivity contribution is 0.0956. The number of amides is 1. The van der Waals surface area contributed by atoms with Crippen molar-refractivity contribution in [1.29, 1.82) is 0 Å². The zero-order valence-corrected chi connectivity index (χ0v) is 12.5. The van der Waals surface area contributed by atoms with E-state index in [9.17, 15) is 4.79 Å². The number of hydrogen-bond acceptors (Lipinski definition) is 3. The van der Waals surface area contributed by atoms with Crippen LogP contribution in [-0.2, 0) is 0 Å². The third kappa shape index (κ3) is 2.76. The third-order valence-corrected chi connectivity index (χ3v) is 3.48. The van der Waals surface area contributed by atoms with Crippen LogP contribution in [0.3, 0.4) is 0 Å². The molecular formula is C18H16N2O2. The molecule has 2 aromatic carbocycles. The molecule has 0 saturated carbocycles. The van der Waals surface area contributed by atoms with Gasteiger partial charge in [0.05, 0.1) is 11.8 Å². The number of nitrogens with zero attached hydrogens (tertiary/aromatic N) is 1. The molecule has 0 bridgehead atoms. The Kier molecular flexibility index (Phi) is 3.74. The Morgan fingerprint density at radius 1 is 1.09 bits per heavy atom. The van der Waals surface area contributed by atoms with Gasteiger partial charge in [-0.3, -0.25) is 4.79 Å². The summed E-state index contributed by atoms with van der Waals surface area (Å²) < 4.78 is 5.36. The molecule has 1 amide bonds. The van der Waals surface area contributed by atoms with Crippen LogP contribution in [0.25, 0.3) is 10.8 Å². The van der Waals surface area contributed by atoms with Crippen LogP contribution in [0.15, 0.2) is 58.0 Å². The van der Waals surface area contributed by atoms with Crippen molar-refractivity contribution in [3.8, 4) is 0 Å². The van der Waals surface area contributed by atoms with Gasteiger partial charge >= 0.3 is 0 Å². The SMILES string of the molecule is Cc1ccc(/C=N\NC(=O)c2c(C)ccc3ccccc23)o1. The number of hydrazone groups is 1. The lowest BCUT2D eigenvalue weighted by Crippen LogP contribution is -2.19. The van der Waals surface area contributed by atoms with Crippen molar-refractivity contribution in [1.82, 2.24) is 5.43 Å². The van der Waals surface area contributed by atoms with E-state index >= 15 is 0 Å². The van der Waals surface area contributed by atoms with Gasteiger partial charge in [0.2, 0.25) is 0 Å². The van der Waals surface area contributed by atoms with Crippen LogP contribution < -0.4 is 5.43 Å². The summed E-state index contributed by atoms with van der Waals surface area (Å²) in [4.78, 5) is 12.4. The molecule has 1 heterocycles. The summed E-state index contributed by atoms with van der Waals surface area (Å²) in [6.45, 7) is 3.77. The molecule has 4 nitrogen and oxygen atoms in total. The van der Waals surface area contributed by atoms with Gasteiger partial charge in [-0.1, -0.05) is 36.4 Å². The van der Waals surface area contributed by atoms with E-state index < -0.39 is 0 Å². The summed E-state index contributed by atoms with van der Waals surface area (Å²) in [7, 11) is 0. The maximum absolute atomic E-state index is 12.4. The Morgan fingerprint density at radius 2 is 1.91 bits per heavy atom. The van der Waals surface area contributed by atoms with Crippen molar-refractivity contribution < 1.29 is 9.21 Å². The number of fused-ring (bicyclic) bond motifs is 1. The molecular weight excluding hydrogens is 276 g/mol. The first kappa shape index (κ1) is 14.1. The normalized spacial score (nSPS) is 11.2. The molecule has 0 fully saturated rings. The minimum Gasteiger partial charge on any atom is -0.460 e. The largest absolute Gasteiger partial charge is 0.460 e. The Morgan fingerprint density at radius 3 is 2.68 bits per heavy atom. The first-order valence-electron chi connectivity index (χ1n) is 7.03. The quantitative estimate of drug-likeness (QED) is 0.589. The number of furan rings is 1. The number of nitrogens with one attached hydrogen (secondary N) is 1. The van der Waals surface area contributed by atoms with E-state index in [1.165, 1.54) is 6.21 Å². The summed E-state index contributed by atoms with van der Waals surface area (Å²) in [5.74, 6) is 1.18. The van der Waals surface area contributed by atoms with E-state index in [4.69, 9.17) is 4.42 Å². The molecule has 1 aromatic heterocycles. The molecule has 0 aliphatic heterocycles. The van der Waals surface area contributed by atoms with Crippen molar-refractivity contribution in [2.45, 2.75) is 13.8 Å². The van der Waals surface area contributed by atoms with Gasteiger partial charge in [0, 0.05) is 0 Å². The second kappa shape index (κ2) is 5.85. The average molecular weight is 292 g/mol. The molecule has 0 aliphatic rings. The molecule has 0 radical (unpaired) electrons. The highest BCUT2D eigenvalue weighted by Crippen LogP contribution is 2.22. The summed E-state index contributed by atoms with van der Waals surface area (Å²) >= 11 is 0. The van der Waals surface area contributed by atoms with Gasteiger partial charge in [-0.15, -0.1) is 0 Å². The van der Waals surface area contributed by atoms with Crippen LogP contribution >= 0.6 is 0 Å². The Bertz CT molecular complexity index is 862. The van der Waals surface area contributed by atoms with Gasteiger partial charge in [0.25, 0.3) is 5.91 Å². The van der Waals surface area contributed by atoms with Gasteiger partial charge < -0.3 is 4.42 Å². The molecule has 3 rings (SSSR count). The summed E-state index contributed by atoms with van der Waals surface area (Å²) in [6, 6.07) is 15.4. The minimum absolute atomic E-state index is 0.228. The molecule has 22 heavy (non-hydrogen) atoms. The molecule has 110 valence electrons. The van der Waals surface area contributed by atoms with Gasteiger partial charge in [-0.05, 0) is 42.3 Å². The second-order valence-electron chi connectivity index (χ2n) is 5.13. The van der Waals surface area contributed by atoms with Crippen LogP contribution in [-0.4, -0.2) is 12.1 Å². The summed E-state index contributed by atoms with van der Waals surface area (Å²) in [5.41, 5.74) is 4.12. The number of rotatable bonds is 3. The molecule has 1 N–H and O–H groups in total. The predicted octanol–water partition coefficient (Wildman–Crippen LogP) is 3.81. The number of aryl methyl sites for hydroxylation is 2. The van der Waals surface area contributed by atoms with Crippen molar-refractivity contribution >= 4 is 22.9 Å². The monoisotopic (exact) mass is 292 g/mol. The predicted molar refractivity (Wildman–Crippen MR) is 87.2 cm³/mol. The Balaban J connectivity index is 1.86. The highest BCUT2D eigenvalue weighted by Gasteiger charge is 2.12. The Labute approximate surface area is 128 Å². The zero-order chi connectivity index (χ0) is 15.5. The molecule has 0 aliphatic carbocycles. The standard InChI is InChI=1S/C18H16N2O2/c1-12-7-9-14-5-3-4-6-16(14)17(12)18(21)20-19-11-15-10-8-13(2)22-15/h3-11H,1-2H3,(H,20,21)/b19-11-. The highest BCUT2D eigenvalue weighted by atomic mass is 16.3. The van der Waals surface area contributed by atoms with Crippen molar-refractivity contribution in [3.63, 3.8) is 0 Å². The fraction of sp³-hybridized carbons (Fsp3) is 0.111. The van der Waals surface area contributed by atoms with Crippen molar-refractivity contribution in [3.05, 3.63) is 71.2 Å².